The third kappa shape index (κ3) is 1.69. The fourth-order valence-electron chi connectivity index (χ4n) is 1.93. The molecule has 2 nitrogen and oxygen atoms in total. The van der Waals surface area contributed by atoms with Crippen LogP contribution in [0.2, 0.25) is 0 Å². The lowest BCUT2D eigenvalue weighted by molar-refractivity contribution is 0.628. The van der Waals surface area contributed by atoms with Crippen LogP contribution in [-0.2, 0) is 0 Å². The minimum atomic E-state index is -0.244. The van der Waals surface area contributed by atoms with Crippen LogP contribution in [-0.4, -0.2) is 9.97 Å². The number of nitrogens with zero attached hydrogens (tertiary/aromatic N) is 1. The predicted octanol–water partition coefficient (Wildman–Crippen LogP) is 3.68. The Kier molecular flexibility index (Phi) is 2.18. The van der Waals surface area contributed by atoms with Gasteiger partial charge >= 0.3 is 0 Å². The highest BCUT2D eigenvalue weighted by atomic mass is 19.1. The van der Waals surface area contributed by atoms with Crippen LogP contribution in [0.25, 0.3) is 22.4 Å². The highest BCUT2D eigenvalue weighted by Gasteiger charge is 2.08. The quantitative estimate of drug-likeness (QED) is 0.673. The van der Waals surface area contributed by atoms with Crippen molar-refractivity contribution in [3.63, 3.8) is 0 Å². The van der Waals surface area contributed by atoms with E-state index in [0.717, 1.165) is 22.2 Å². The Labute approximate surface area is 98.1 Å². The second-order valence-corrected chi connectivity index (χ2v) is 4.06. The van der Waals surface area contributed by atoms with E-state index in [-0.39, 0.29) is 5.82 Å². The number of benzene rings is 2. The first-order chi connectivity index (χ1) is 8.24. The molecule has 0 aliphatic rings. The normalized spacial score (nSPS) is 10.9. The number of fused-ring (bicyclic) bond motifs is 1. The van der Waals surface area contributed by atoms with Crippen LogP contribution in [0.4, 0.5) is 4.39 Å². The second-order valence-electron chi connectivity index (χ2n) is 4.06. The molecule has 3 aromatic rings. The maximum absolute atomic E-state index is 13.2. The van der Waals surface area contributed by atoms with E-state index < -0.39 is 0 Å². The van der Waals surface area contributed by atoms with Crippen LogP contribution < -0.4 is 0 Å². The first-order valence-corrected chi connectivity index (χ1v) is 5.45. The molecular formula is C14H11FN2. The molecule has 0 fully saturated rings. The SMILES string of the molecule is Cc1ccc(F)cc1-c1nc2ccccc2[nH]1. The third-order valence-corrected chi connectivity index (χ3v) is 2.84. The second kappa shape index (κ2) is 3.70. The number of para-hydroxylation sites is 2. The van der Waals surface area contributed by atoms with E-state index in [2.05, 4.69) is 9.97 Å². The van der Waals surface area contributed by atoms with Gasteiger partial charge in [-0.2, -0.15) is 0 Å². The summed E-state index contributed by atoms with van der Waals surface area (Å²) in [5, 5.41) is 0. The van der Waals surface area contributed by atoms with E-state index >= 15 is 0 Å². The average molecular weight is 226 g/mol. The van der Waals surface area contributed by atoms with Crippen LogP contribution in [0.3, 0.4) is 0 Å². The van der Waals surface area contributed by atoms with Crippen molar-refractivity contribution in [1.82, 2.24) is 9.97 Å². The Hall–Kier alpha value is -2.16. The Morgan fingerprint density at radius 1 is 1.12 bits per heavy atom. The van der Waals surface area contributed by atoms with Crippen LogP contribution in [0.5, 0.6) is 0 Å². The highest BCUT2D eigenvalue weighted by Crippen LogP contribution is 2.24. The molecule has 3 heteroatoms. The van der Waals surface area contributed by atoms with E-state index in [1.165, 1.54) is 12.1 Å². The molecule has 0 spiro atoms. The van der Waals surface area contributed by atoms with Crippen molar-refractivity contribution in [2.45, 2.75) is 6.92 Å². The van der Waals surface area contributed by atoms with Gasteiger partial charge in [0.1, 0.15) is 11.6 Å². The molecule has 17 heavy (non-hydrogen) atoms. The Bertz CT molecular complexity index is 653. The van der Waals surface area contributed by atoms with Crippen LogP contribution >= 0.6 is 0 Å². The summed E-state index contributed by atoms with van der Waals surface area (Å²) in [5.41, 5.74) is 3.67. The molecule has 0 saturated carbocycles. The van der Waals surface area contributed by atoms with Gasteiger partial charge in [0, 0.05) is 5.56 Å². The van der Waals surface area contributed by atoms with Crippen molar-refractivity contribution in [3.8, 4) is 11.4 Å². The lowest BCUT2D eigenvalue weighted by atomic mass is 10.1. The number of rotatable bonds is 1. The molecule has 0 atom stereocenters. The number of nitrogens with one attached hydrogen (secondary N) is 1. The van der Waals surface area contributed by atoms with Crippen LogP contribution in [0, 0.1) is 12.7 Å². The molecule has 2 aromatic carbocycles. The molecule has 1 N–H and O–H groups in total. The van der Waals surface area contributed by atoms with Gasteiger partial charge in [0.05, 0.1) is 11.0 Å². The average Bonchev–Trinajstić information content (AvgIpc) is 2.75. The molecule has 1 heterocycles. The molecule has 0 radical (unpaired) electrons. The van der Waals surface area contributed by atoms with Gasteiger partial charge in [0.15, 0.2) is 0 Å². The van der Waals surface area contributed by atoms with E-state index in [1.54, 1.807) is 6.07 Å². The first-order valence-electron chi connectivity index (χ1n) is 5.45. The van der Waals surface area contributed by atoms with Gasteiger partial charge in [0.25, 0.3) is 0 Å². The molecular weight excluding hydrogens is 215 g/mol. The number of hydrogen-bond acceptors (Lipinski definition) is 1. The van der Waals surface area contributed by atoms with Gasteiger partial charge in [-0.15, -0.1) is 0 Å². The van der Waals surface area contributed by atoms with Crippen molar-refractivity contribution < 1.29 is 4.39 Å². The number of hydrogen-bond donors (Lipinski definition) is 1. The Balaban J connectivity index is 2.23. The summed E-state index contributed by atoms with van der Waals surface area (Å²) >= 11 is 0. The molecule has 0 aliphatic carbocycles. The zero-order valence-corrected chi connectivity index (χ0v) is 9.37. The van der Waals surface area contributed by atoms with Gasteiger partial charge < -0.3 is 4.98 Å². The smallest absolute Gasteiger partial charge is 0.138 e. The summed E-state index contributed by atoms with van der Waals surface area (Å²) in [5.74, 6) is 0.467. The van der Waals surface area contributed by atoms with E-state index in [4.69, 9.17) is 0 Å². The van der Waals surface area contributed by atoms with Gasteiger partial charge in [-0.1, -0.05) is 18.2 Å². The molecule has 0 bridgehead atoms. The van der Waals surface area contributed by atoms with Gasteiger partial charge in [-0.05, 0) is 36.8 Å². The highest BCUT2D eigenvalue weighted by molar-refractivity contribution is 5.79. The standard InChI is InChI=1S/C14H11FN2/c1-9-6-7-10(15)8-11(9)14-16-12-4-2-3-5-13(12)17-14/h2-8H,1H3,(H,16,17). The van der Waals surface area contributed by atoms with Crippen molar-refractivity contribution in [2.24, 2.45) is 0 Å². The number of imidazole rings is 1. The van der Waals surface area contributed by atoms with Gasteiger partial charge in [0.2, 0.25) is 0 Å². The maximum Gasteiger partial charge on any atom is 0.138 e. The topological polar surface area (TPSA) is 28.7 Å². The summed E-state index contributed by atoms with van der Waals surface area (Å²) in [6.07, 6.45) is 0. The van der Waals surface area contributed by atoms with Crippen molar-refractivity contribution in [1.29, 1.82) is 0 Å². The lowest BCUT2D eigenvalue weighted by Gasteiger charge is -2.01. The minimum Gasteiger partial charge on any atom is -0.338 e. The first kappa shape index (κ1) is 10.0. The number of aromatic nitrogens is 2. The third-order valence-electron chi connectivity index (χ3n) is 2.84. The summed E-state index contributed by atoms with van der Waals surface area (Å²) in [6, 6.07) is 12.5. The largest absolute Gasteiger partial charge is 0.338 e. The number of aromatic amines is 1. The number of halogens is 1. The predicted molar refractivity (Wildman–Crippen MR) is 66.2 cm³/mol. The summed E-state index contributed by atoms with van der Waals surface area (Å²) in [6.45, 7) is 1.95. The maximum atomic E-state index is 13.2. The molecule has 3 rings (SSSR count). The minimum absolute atomic E-state index is 0.244. The van der Waals surface area contributed by atoms with Crippen molar-refractivity contribution in [3.05, 3.63) is 53.8 Å². The summed E-state index contributed by atoms with van der Waals surface area (Å²) < 4.78 is 13.2. The lowest BCUT2D eigenvalue weighted by Crippen LogP contribution is -1.87. The monoisotopic (exact) mass is 226 g/mol. The Morgan fingerprint density at radius 3 is 2.76 bits per heavy atom. The number of aryl methyl sites for hydroxylation is 1. The van der Waals surface area contributed by atoms with E-state index in [1.807, 2.05) is 31.2 Å². The van der Waals surface area contributed by atoms with E-state index in [9.17, 15) is 4.39 Å². The van der Waals surface area contributed by atoms with Crippen LogP contribution in [0.1, 0.15) is 5.56 Å². The zero-order chi connectivity index (χ0) is 11.8. The zero-order valence-electron chi connectivity index (χ0n) is 9.37. The summed E-state index contributed by atoms with van der Waals surface area (Å²) in [4.78, 5) is 7.66. The Morgan fingerprint density at radius 2 is 1.94 bits per heavy atom. The molecule has 84 valence electrons. The van der Waals surface area contributed by atoms with E-state index in [0.29, 0.717) is 5.82 Å². The van der Waals surface area contributed by atoms with Crippen molar-refractivity contribution in [2.75, 3.05) is 0 Å². The fourth-order valence-corrected chi connectivity index (χ4v) is 1.93. The number of H-pyrrole nitrogens is 1. The fraction of sp³-hybridized carbons (Fsp3) is 0.0714. The van der Waals surface area contributed by atoms with Crippen LogP contribution in [0.15, 0.2) is 42.5 Å². The van der Waals surface area contributed by atoms with Gasteiger partial charge in [-0.3, -0.25) is 0 Å². The molecule has 0 aliphatic heterocycles. The molecule has 0 amide bonds. The summed E-state index contributed by atoms with van der Waals surface area (Å²) in [7, 11) is 0. The van der Waals surface area contributed by atoms with Crippen molar-refractivity contribution >= 4 is 11.0 Å². The molecule has 0 saturated heterocycles. The molecule has 1 aromatic heterocycles. The molecule has 0 unspecified atom stereocenters. The van der Waals surface area contributed by atoms with Gasteiger partial charge in [-0.25, -0.2) is 9.37 Å².